The van der Waals surface area contributed by atoms with Crippen molar-refractivity contribution >= 4 is 0 Å². The van der Waals surface area contributed by atoms with E-state index in [0.717, 1.165) is 0 Å². The van der Waals surface area contributed by atoms with E-state index in [9.17, 15) is 13.2 Å². The van der Waals surface area contributed by atoms with Gasteiger partial charge in [-0.3, -0.25) is 0 Å². The molecule has 0 fully saturated rings. The summed E-state index contributed by atoms with van der Waals surface area (Å²) in [4.78, 5) is 0. The third-order valence-corrected chi connectivity index (χ3v) is 1.72. The molecule has 4 heteroatoms. The molecule has 2 N–H and O–H groups in total. The highest BCUT2D eigenvalue weighted by molar-refractivity contribution is 5.16. The standard InChI is InChI=1S/C9H10F3N/c10-9(11,12)8(13)6-7-4-2-1-3-5-7/h1-5,8H,6,13H2. The smallest absolute Gasteiger partial charge is 0.320 e. The minimum Gasteiger partial charge on any atom is -0.320 e. The van der Waals surface area contributed by atoms with Crippen LogP contribution in [0.25, 0.3) is 0 Å². The van der Waals surface area contributed by atoms with E-state index in [0.29, 0.717) is 5.56 Å². The molecule has 0 aromatic heterocycles. The van der Waals surface area contributed by atoms with Gasteiger partial charge in [0, 0.05) is 0 Å². The van der Waals surface area contributed by atoms with Crippen LogP contribution < -0.4 is 5.73 Å². The van der Waals surface area contributed by atoms with Gasteiger partial charge in [-0.05, 0) is 12.0 Å². The van der Waals surface area contributed by atoms with Crippen molar-refractivity contribution in [3.05, 3.63) is 35.9 Å². The summed E-state index contributed by atoms with van der Waals surface area (Å²) in [5.74, 6) is 0. The van der Waals surface area contributed by atoms with E-state index in [-0.39, 0.29) is 6.42 Å². The minimum absolute atomic E-state index is 0.162. The monoisotopic (exact) mass is 189 g/mol. The van der Waals surface area contributed by atoms with Crippen molar-refractivity contribution in [3.8, 4) is 0 Å². The Kier molecular flexibility index (Phi) is 2.93. The summed E-state index contributed by atoms with van der Waals surface area (Å²) in [6.07, 6.45) is -4.47. The predicted molar refractivity (Wildman–Crippen MR) is 44.2 cm³/mol. The molecular weight excluding hydrogens is 179 g/mol. The zero-order chi connectivity index (χ0) is 9.90. The molecule has 0 saturated carbocycles. The first-order chi connectivity index (χ1) is 6.00. The Morgan fingerprint density at radius 1 is 1.15 bits per heavy atom. The van der Waals surface area contributed by atoms with Gasteiger partial charge < -0.3 is 5.73 Å². The topological polar surface area (TPSA) is 26.0 Å². The number of nitrogens with two attached hydrogens (primary N) is 1. The summed E-state index contributed by atoms with van der Waals surface area (Å²) in [5, 5.41) is 0. The summed E-state index contributed by atoms with van der Waals surface area (Å²) in [7, 11) is 0. The quantitative estimate of drug-likeness (QED) is 0.757. The van der Waals surface area contributed by atoms with Crippen LogP contribution in [0.15, 0.2) is 30.3 Å². The van der Waals surface area contributed by atoms with E-state index >= 15 is 0 Å². The van der Waals surface area contributed by atoms with E-state index in [1.54, 1.807) is 30.3 Å². The summed E-state index contributed by atoms with van der Waals surface area (Å²) < 4.78 is 36.0. The second-order valence-electron chi connectivity index (χ2n) is 2.84. The number of rotatable bonds is 2. The molecule has 0 amide bonds. The Bertz CT molecular complexity index is 255. The molecule has 0 saturated heterocycles. The van der Waals surface area contributed by atoms with Crippen LogP contribution in [-0.2, 0) is 6.42 Å². The van der Waals surface area contributed by atoms with Gasteiger partial charge in [-0.25, -0.2) is 0 Å². The zero-order valence-corrected chi connectivity index (χ0v) is 6.88. The first kappa shape index (κ1) is 10.1. The molecule has 1 rings (SSSR count). The van der Waals surface area contributed by atoms with Gasteiger partial charge >= 0.3 is 6.18 Å². The second-order valence-corrected chi connectivity index (χ2v) is 2.84. The lowest BCUT2D eigenvalue weighted by Crippen LogP contribution is -2.39. The maximum atomic E-state index is 12.0. The van der Waals surface area contributed by atoms with Crippen LogP contribution in [0.5, 0.6) is 0 Å². The minimum atomic E-state index is -4.31. The molecule has 0 bridgehead atoms. The molecule has 1 aromatic carbocycles. The third-order valence-electron chi connectivity index (χ3n) is 1.72. The first-order valence-corrected chi connectivity index (χ1v) is 3.86. The summed E-state index contributed by atoms with van der Waals surface area (Å²) in [6, 6.07) is 6.63. The average Bonchev–Trinajstić information content (AvgIpc) is 2.04. The number of alkyl halides is 3. The summed E-state index contributed by atoms with van der Waals surface area (Å²) in [5.41, 5.74) is 5.56. The first-order valence-electron chi connectivity index (χ1n) is 3.86. The lowest BCUT2D eigenvalue weighted by atomic mass is 10.1. The molecule has 0 heterocycles. The molecule has 1 aromatic rings. The number of halogens is 3. The fraction of sp³-hybridized carbons (Fsp3) is 0.333. The molecule has 1 atom stereocenters. The van der Waals surface area contributed by atoms with E-state index in [1.165, 1.54) is 0 Å². The average molecular weight is 189 g/mol. The number of benzene rings is 1. The fourth-order valence-electron chi connectivity index (χ4n) is 0.984. The molecule has 0 aliphatic rings. The van der Waals surface area contributed by atoms with Gasteiger partial charge in [0.05, 0.1) is 0 Å². The van der Waals surface area contributed by atoms with Crippen LogP contribution in [0.4, 0.5) is 13.2 Å². The summed E-state index contributed by atoms with van der Waals surface area (Å²) in [6.45, 7) is 0. The molecular formula is C9H10F3N. The molecule has 1 nitrogen and oxygen atoms in total. The lowest BCUT2D eigenvalue weighted by molar-refractivity contribution is -0.147. The SMILES string of the molecule is NC(Cc1ccccc1)C(F)(F)F. The van der Waals surface area contributed by atoms with Gasteiger partial charge in [0.1, 0.15) is 6.04 Å². The summed E-state index contributed by atoms with van der Waals surface area (Å²) >= 11 is 0. The van der Waals surface area contributed by atoms with E-state index in [2.05, 4.69) is 0 Å². The maximum absolute atomic E-state index is 12.0. The molecule has 72 valence electrons. The lowest BCUT2D eigenvalue weighted by Gasteiger charge is -2.14. The largest absolute Gasteiger partial charge is 0.403 e. The molecule has 13 heavy (non-hydrogen) atoms. The zero-order valence-electron chi connectivity index (χ0n) is 6.88. The molecule has 0 radical (unpaired) electrons. The van der Waals surface area contributed by atoms with E-state index in [1.807, 2.05) is 0 Å². The van der Waals surface area contributed by atoms with E-state index in [4.69, 9.17) is 5.73 Å². The van der Waals surface area contributed by atoms with Crippen LogP contribution in [0, 0.1) is 0 Å². The van der Waals surface area contributed by atoms with Gasteiger partial charge in [0.15, 0.2) is 0 Å². The van der Waals surface area contributed by atoms with Crippen LogP contribution in [0.1, 0.15) is 5.56 Å². The van der Waals surface area contributed by atoms with Crippen molar-refractivity contribution in [2.75, 3.05) is 0 Å². The van der Waals surface area contributed by atoms with Gasteiger partial charge in [-0.15, -0.1) is 0 Å². The van der Waals surface area contributed by atoms with Gasteiger partial charge in [-0.1, -0.05) is 30.3 Å². The van der Waals surface area contributed by atoms with Crippen molar-refractivity contribution in [1.82, 2.24) is 0 Å². The van der Waals surface area contributed by atoms with Crippen LogP contribution in [0.3, 0.4) is 0 Å². The Labute approximate surface area is 74.4 Å². The van der Waals surface area contributed by atoms with Gasteiger partial charge in [0.2, 0.25) is 0 Å². The Hall–Kier alpha value is -1.03. The predicted octanol–water partition coefficient (Wildman–Crippen LogP) is 2.12. The highest BCUT2D eigenvalue weighted by Crippen LogP contribution is 2.21. The van der Waals surface area contributed by atoms with Crippen molar-refractivity contribution in [2.45, 2.75) is 18.6 Å². The van der Waals surface area contributed by atoms with Crippen molar-refractivity contribution < 1.29 is 13.2 Å². The van der Waals surface area contributed by atoms with Crippen molar-refractivity contribution in [3.63, 3.8) is 0 Å². The molecule has 0 aliphatic carbocycles. The van der Waals surface area contributed by atoms with Crippen molar-refractivity contribution in [1.29, 1.82) is 0 Å². The van der Waals surface area contributed by atoms with Gasteiger partial charge in [-0.2, -0.15) is 13.2 Å². The highest BCUT2D eigenvalue weighted by atomic mass is 19.4. The second kappa shape index (κ2) is 3.79. The third kappa shape index (κ3) is 3.06. The van der Waals surface area contributed by atoms with Crippen molar-refractivity contribution in [2.24, 2.45) is 5.73 Å². The number of hydrogen-bond donors (Lipinski definition) is 1. The Balaban J connectivity index is 2.61. The molecule has 1 unspecified atom stereocenters. The Morgan fingerprint density at radius 2 is 1.69 bits per heavy atom. The Morgan fingerprint density at radius 3 is 2.15 bits per heavy atom. The fourth-order valence-corrected chi connectivity index (χ4v) is 0.984. The van der Waals surface area contributed by atoms with Crippen LogP contribution in [-0.4, -0.2) is 12.2 Å². The highest BCUT2D eigenvalue weighted by Gasteiger charge is 2.36. The maximum Gasteiger partial charge on any atom is 0.403 e. The number of hydrogen-bond acceptors (Lipinski definition) is 1. The van der Waals surface area contributed by atoms with E-state index < -0.39 is 12.2 Å². The molecule has 0 spiro atoms. The van der Waals surface area contributed by atoms with Crippen LogP contribution >= 0.6 is 0 Å². The normalized spacial score (nSPS) is 14.2. The van der Waals surface area contributed by atoms with Gasteiger partial charge in [0.25, 0.3) is 0 Å². The molecule has 0 aliphatic heterocycles. The van der Waals surface area contributed by atoms with Crippen LogP contribution in [0.2, 0.25) is 0 Å².